The number of hydrogen-bond donors (Lipinski definition) is 2. The molecule has 3 heteroatoms. The Morgan fingerprint density at radius 2 is 1.79 bits per heavy atom. The van der Waals surface area contributed by atoms with Gasteiger partial charge in [-0.05, 0) is 37.7 Å². The Bertz CT molecular complexity index is 422. The maximum absolute atomic E-state index is 10.9. The van der Waals surface area contributed by atoms with Crippen LogP contribution in [0.25, 0.3) is 0 Å². The molecule has 0 saturated heterocycles. The van der Waals surface area contributed by atoms with Crippen LogP contribution in [0.5, 0.6) is 0 Å². The molecule has 3 atom stereocenters. The number of aryl methyl sites for hydroxylation is 2. The molecule has 0 aliphatic heterocycles. The summed E-state index contributed by atoms with van der Waals surface area (Å²) in [7, 11) is 0. The molecule has 1 aromatic rings. The highest BCUT2D eigenvalue weighted by atomic mass is 16.4. The molecule has 1 rings (SSSR count). The van der Waals surface area contributed by atoms with Crippen LogP contribution in [0.1, 0.15) is 49.3 Å². The summed E-state index contributed by atoms with van der Waals surface area (Å²) in [4.78, 5) is 10.9. The van der Waals surface area contributed by atoms with Gasteiger partial charge >= 0.3 is 5.97 Å². The van der Waals surface area contributed by atoms with E-state index in [1.807, 2.05) is 0 Å². The van der Waals surface area contributed by atoms with Gasteiger partial charge in [-0.25, -0.2) is 0 Å². The van der Waals surface area contributed by atoms with Gasteiger partial charge in [0.25, 0.3) is 0 Å². The zero-order chi connectivity index (χ0) is 14.6. The predicted octanol–water partition coefficient (Wildman–Crippen LogP) is 3.24. The topological polar surface area (TPSA) is 63.3 Å². The first kappa shape index (κ1) is 15.7. The lowest BCUT2D eigenvalue weighted by atomic mass is 9.81. The lowest BCUT2D eigenvalue weighted by Crippen LogP contribution is -2.33. The van der Waals surface area contributed by atoms with Gasteiger partial charge < -0.3 is 10.8 Å². The first-order chi connectivity index (χ1) is 8.85. The van der Waals surface area contributed by atoms with Crippen LogP contribution in [-0.4, -0.2) is 17.1 Å². The average molecular weight is 263 g/mol. The molecule has 0 amide bonds. The Morgan fingerprint density at radius 3 is 2.21 bits per heavy atom. The molecule has 19 heavy (non-hydrogen) atoms. The van der Waals surface area contributed by atoms with Crippen LogP contribution >= 0.6 is 0 Å². The fraction of sp³-hybridized carbons (Fsp3) is 0.562. The van der Waals surface area contributed by atoms with Gasteiger partial charge in [0.05, 0.1) is 0 Å². The lowest BCUT2D eigenvalue weighted by Gasteiger charge is -2.25. The van der Waals surface area contributed by atoms with Crippen LogP contribution in [0, 0.1) is 19.8 Å². The first-order valence-corrected chi connectivity index (χ1v) is 6.91. The van der Waals surface area contributed by atoms with Gasteiger partial charge in [0.2, 0.25) is 0 Å². The highest BCUT2D eigenvalue weighted by Crippen LogP contribution is 2.31. The van der Waals surface area contributed by atoms with E-state index in [2.05, 4.69) is 45.9 Å². The molecule has 1 aromatic carbocycles. The predicted molar refractivity (Wildman–Crippen MR) is 78.3 cm³/mol. The first-order valence-electron chi connectivity index (χ1n) is 6.91. The van der Waals surface area contributed by atoms with Crippen molar-refractivity contribution in [3.05, 3.63) is 34.9 Å². The van der Waals surface area contributed by atoms with E-state index in [1.165, 1.54) is 16.7 Å². The van der Waals surface area contributed by atoms with E-state index in [9.17, 15) is 4.79 Å². The smallest absolute Gasteiger partial charge is 0.320 e. The Morgan fingerprint density at radius 1 is 1.26 bits per heavy atom. The molecule has 0 fully saturated rings. The molecule has 0 heterocycles. The van der Waals surface area contributed by atoms with Crippen molar-refractivity contribution in [2.45, 2.75) is 52.5 Å². The third-order valence-corrected chi connectivity index (χ3v) is 3.88. The van der Waals surface area contributed by atoms with Crippen molar-refractivity contribution in [2.75, 3.05) is 0 Å². The Balaban J connectivity index is 2.88. The molecule has 3 nitrogen and oxygen atoms in total. The van der Waals surface area contributed by atoms with Crippen molar-refractivity contribution >= 4 is 5.97 Å². The zero-order valence-electron chi connectivity index (χ0n) is 12.3. The van der Waals surface area contributed by atoms with Crippen LogP contribution in [0.3, 0.4) is 0 Å². The standard InChI is InChI=1S/C16H25NO2/c1-5-13(9-15(17)16(18)19)12(4)14-7-10(2)6-11(3)8-14/h6-8,12-13,15H,5,9,17H2,1-4H3,(H,18,19). The fourth-order valence-corrected chi connectivity index (χ4v) is 2.70. The minimum Gasteiger partial charge on any atom is -0.480 e. The van der Waals surface area contributed by atoms with Crippen molar-refractivity contribution in [3.63, 3.8) is 0 Å². The molecule has 0 aliphatic rings. The third-order valence-electron chi connectivity index (χ3n) is 3.88. The Hall–Kier alpha value is -1.35. The van der Waals surface area contributed by atoms with Gasteiger partial charge in [-0.2, -0.15) is 0 Å². The average Bonchev–Trinajstić information content (AvgIpc) is 2.33. The minimum absolute atomic E-state index is 0.298. The molecule has 0 aliphatic carbocycles. The van der Waals surface area contributed by atoms with Crippen molar-refractivity contribution in [2.24, 2.45) is 11.7 Å². The number of carboxylic acid groups (broad SMARTS) is 1. The summed E-state index contributed by atoms with van der Waals surface area (Å²) in [5, 5.41) is 8.94. The number of carbonyl (C=O) groups is 1. The van der Waals surface area contributed by atoms with E-state index in [4.69, 9.17) is 10.8 Å². The zero-order valence-corrected chi connectivity index (χ0v) is 12.3. The van der Waals surface area contributed by atoms with Gasteiger partial charge in [-0.1, -0.05) is 49.6 Å². The summed E-state index contributed by atoms with van der Waals surface area (Å²) in [6.07, 6.45) is 1.47. The van der Waals surface area contributed by atoms with E-state index in [1.54, 1.807) is 0 Å². The largest absolute Gasteiger partial charge is 0.480 e. The van der Waals surface area contributed by atoms with Crippen molar-refractivity contribution in [1.82, 2.24) is 0 Å². The summed E-state index contributed by atoms with van der Waals surface area (Å²) in [6.45, 7) is 8.44. The molecular weight excluding hydrogens is 238 g/mol. The highest BCUT2D eigenvalue weighted by molar-refractivity contribution is 5.73. The maximum Gasteiger partial charge on any atom is 0.320 e. The second-order valence-corrected chi connectivity index (χ2v) is 5.56. The molecular formula is C16H25NO2. The van der Waals surface area contributed by atoms with Gasteiger partial charge in [0, 0.05) is 0 Å². The van der Waals surface area contributed by atoms with Crippen molar-refractivity contribution in [3.8, 4) is 0 Å². The number of benzene rings is 1. The summed E-state index contributed by atoms with van der Waals surface area (Å²) in [5.74, 6) is -0.285. The monoisotopic (exact) mass is 263 g/mol. The molecule has 106 valence electrons. The quantitative estimate of drug-likeness (QED) is 0.828. The van der Waals surface area contributed by atoms with Gasteiger partial charge in [-0.15, -0.1) is 0 Å². The highest BCUT2D eigenvalue weighted by Gasteiger charge is 2.23. The number of rotatable bonds is 6. The summed E-state index contributed by atoms with van der Waals surface area (Å²) in [6, 6.07) is 5.76. The van der Waals surface area contributed by atoms with E-state index in [-0.39, 0.29) is 0 Å². The molecule has 3 unspecified atom stereocenters. The van der Waals surface area contributed by atoms with Crippen LogP contribution in [0.15, 0.2) is 18.2 Å². The van der Waals surface area contributed by atoms with Crippen LogP contribution in [-0.2, 0) is 4.79 Å². The van der Waals surface area contributed by atoms with Gasteiger partial charge in [0.1, 0.15) is 6.04 Å². The van der Waals surface area contributed by atoms with Crippen LogP contribution in [0.4, 0.5) is 0 Å². The van der Waals surface area contributed by atoms with Crippen LogP contribution < -0.4 is 5.73 Å². The number of carboxylic acids is 1. The summed E-state index contributed by atoms with van der Waals surface area (Å²) >= 11 is 0. The molecule has 0 saturated carbocycles. The van der Waals surface area contributed by atoms with Crippen molar-refractivity contribution < 1.29 is 9.90 Å². The van der Waals surface area contributed by atoms with E-state index < -0.39 is 12.0 Å². The van der Waals surface area contributed by atoms with E-state index >= 15 is 0 Å². The SMILES string of the molecule is CCC(CC(N)C(=O)O)C(C)c1cc(C)cc(C)c1. The molecule has 0 bridgehead atoms. The Labute approximate surface area is 115 Å². The van der Waals surface area contributed by atoms with Gasteiger partial charge in [-0.3, -0.25) is 4.79 Å². The second-order valence-electron chi connectivity index (χ2n) is 5.56. The number of nitrogens with two attached hydrogens (primary N) is 1. The van der Waals surface area contributed by atoms with Crippen molar-refractivity contribution in [1.29, 1.82) is 0 Å². The molecule has 0 spiro atoms. The fourth-order valence-electron chi connectivity index (χ4n) is 2.70. The van der Waals surface area contributed by atoms with Gasteiger partial charge in [0.15, 0.2) is 0 Å². The normalized spacial score (nSPS) is 15.8. The number of hydrogen-bond acceptors (Lipinski definition) is 2. The molecule has 3 N–H and O–H groups in total. The second kappa shape index (κ2) is 6.71. The summed E-state index contributed by atoms with van der Waals surface area (Å²) in [5.41, 5.74) is 9.45. The van der Waals surface area contributed by atoms with E-state index in [0.717, 1.165) is 6.42 Å². The summed E-state index contributed by atoms with van der Waals surface area (Å²) < 4.78 is 0. The number of aliphatic carboxylic acids is 1. The third kappa shape index (κ3) is 4.35. The van der Waals surface area contributed by atoms with Crippen LogP contribution in [0.2, 0.25) is 0 Å². The molecule has 0 radical (unpaired) electrons. The minimum atomic E-state index is -0.911. The lowest BCUT2D eigenvalue weighted by molar-refractivity contribution is -0.139. The molecule has 0 aromatic heterocycles. The van der Waals surface area contributed by atoms with E-state index in [0.29, 0.717) is 18.3 Å². The maximum atomic E-state index is 10.9. The Kier molecular flexibility index (Phi) is 5.55.